The molecule has 2 aliphatic rings. The van der Waals surface area contributed by atoms with Crippen molar-refractivity contribution < 1.29 is 32.6 Å². The molecule has 2 aliphatic heterocycles. The number of carbonyl (C=O) groups is 2. The Bertz CT molecular complexity index is 859. The van der Waals surface area contributed by atoms with Crippen LogP contribution in [0.3, 0.4) is 0 Å². The lowest BCUT2D eigenvalue weighted by Gasteiger charge is -2.28. The topological polar surface area (TPSA) is 88.5 Å². The van der Waals surface area contributed by atoms with Crippen molar-refractivity contribution in [2.24, 2.45) is 0 Å². The van der Waals surface area contributed by atoms with Crippen LogP contribution in [0.15, 0.2) is 28.7 Å². The molecule has 0 amide bonds. The number of allylic oxidation sites excluding steroid dienone is 1. The van der Waals surface area contributed by atoms with Crippen molar-refractivity contribution in [1.82, 2.24) is 10.3 Å². The molecule has 0 saturated heterocycles. The number of pyridine rings is 1. The van der Waals surface area contributed by atoms with E-state index < -0.39 is 41.4 Å². The van der Waals surface area contributed by atoms with Crippen LogP contribution in [0.2, 0.25) is 0 Å². The Morgan fingerprint density at radius 2 is 2.16 bits per heavy atom. The summed E-state index contributed by atoms with van der Waals surface area (Å²) in [7, 11) is 0. The van der Waals surface area contributed by atoms with Crippen molar-refractivity contribution in [3.63, 3.8) is 0 Å². The Balaban J connectivity index is 2.32. The third-order valence-corrected chi connectivity index (χ3v) is 4.20. The van der Waals surface area contributed by atoms with Gasteiger partial charge in [0.15, 0.2) is 5.82 Å². The van der Waals surface area contributed by atoms with E-state index in [-0.39, 0.29) is 29.0 Å². The van der Waals surface area contributed by atoms with Crippen molar-refractivity contribution in [2.75, 3.05) is 6.61 Å². The number of carboxylic acids is 1. The summed E-state index contributed by atoms with van der Waals surface area (Å²) in [5, 5.41) is 12.3. The fourth-order valence-electron chi connectivity index (χ4n) is 3.19. The van der Waals surface area contributed by atoms with Gasteiger partial charge in [0.1, 0.15) is 12.8 Å². The molecule has 0 aromatic carbocycles. The quantitative estimate of drug-likeness (QED) is 0.639. The van der Waals surface area contributed by atoms with Gasteiger partial charge in [-0.25, -0.2) is 23.4 Å². The Hall–Kier alpha value is -2.84. The molecule has 0 radical (unpaired) electrons. The van der Waals surface area contributed by atoms with Gasteiger partial charge in [-0.1, -0.05) is 0 Å². The number of nitrogens with zero attached hydrogens (tertiary/aromatic N) is 1. The molecular weight excluding hydrogens is 341 g/mol. The average molecular weight is 354 g/mol. The van der Waals surface area contributed by atoms with Gasteiger partial charge in [-0.15, -0.1) is 0 Å². The van der Waals surface area contributed by atoms with Crippen LogP contribution in [0, 0.1) is 11.8 Å². The second-order valence-corrected chi connectivity index (χ2v) is 5.72. The third kappa shape index (κ3) is 2.55. The van der Waals surface area contributed by atoms with Gasteiger partial charge in [-0.3, -0.25) is 0 Å². The predicted molar refractivity (Wildman–Crippen MR) is 77.9 cm³/mol. The second-order valence-electron chi connectivity index (χ2n) is 5.72. The van der Waals surface area contributed by atoms with E-state index in [1.165, 1.54) is 6.92 Å². The van der Waals surface area contributed by atoms with E-state index in [4.69, 9.17) is 4.74 Å². The summed E-state index contributed by atoms with van der Waals surface area (Å²) in [6.07, 6.45) is -1.09. The van der Waals surface area contributed by atoms with Crippen LogP contribution >= 0.6 is 0 Å². The normalized spacial score (nSPS) is 21.0. The van der Waals surface area contributed by atoms with Gasteiger partial charge in [0.25, 0.3) is 0 Å². The van der Waals surface area contributed by atoms with E-state index in [9.17, 15) is 27.9 Å². The number of aliphatic carboxylic acids is 1. The van der Waals surface area contributed by atoms with Crippen LogP contribution in [-0.2, 0) is 14.3 Å². The molecule has 0 saturated carbocycles. The Morgan fingerprint density at radius 3 is 2.76 bits per heavy atom. The fraction of sp³-hybridized carbons (Fsp3) is 0.312. The van der Waals surface area contributed by atoms with E-state index in [2.05, 4.69) is 10.3 Å². The fourth-order valence-corrected chi connectivity index (χ4v) is 3.19. The molecule has 1 unspecified atom stereocenters. The van der Waals surface area contributed by atoms with Crippen molar-refractivity contribution >= 4 is 11.9 Å². The first-order valence-corrected chi connectivity index (χ1v) is 7.33. The summed E-state index contributed by atoms with van der Waals surface area (Å²) in [6, 6.07) is 0. The van der Waals surface area contributed by atoms with Crippen LogP contribution in [0.4, 0.5) is 13.2 Å². The van der Waals surface area contributed by atoms with Gasteiger partial charge < -0.3 is 15.2 Å². The van der Waals surface area contributed by atoms with Gasteiger partial charge in [0, 0.05) is 17.5 Å². The SMILES string of the molecule is CC1=C(C(=O)O)[C@H](c2cnc(F)c(F)c2C(C)F)C2=C(COC2=O)N1. The lowest BCUT2D eigenvalue weighted by molar-refractivity contribution is -0.136. The number of esters is 1. The number of ether oxygens (including phenoxy) is 1. The number of hydrogen-bond donors (Lipinski definition) is 2. The molecular formula is C16H13F3N2O4. The number of carbonyl (C=O) groups excluding carboxylic acids is 1. The van der Waals surface area contributed by atoms with E-state index in [1.54, 1.807) is 0 Å². The molecule has 25 heavy (non-hydrogen) atoms. The van der Waals surface area contributed by atoms with Crippen LogP contribution in [0.25, 0.3) is 0 Å². The Morgan fingerprint density at radius 1 is 1.48 bits per heavy atom. The van der Waals surface area contributed by atoms with E-state index in [1.807, 2.05) is 0 Å². The number of rotatable bonds is 3. The minimum absolute atomic E-state index is 0.0716. The smallest absolute Gasteiger partial charge is 0.337 e. The second kappa shape index (κ2) is 5.91. The zero-order chi connectivity index (χ0) is 18.5. The summed E-state index contributed by atoms with van der Waals surface area (Å²) < 4.78 is 46.5. The molecule has 0 bridgehead atoms. The van der Waals surface area contributed by atoms with Crippen LogP contribution in [0.1, 0.15) is 37.1 Å². The first-order chi connectivity index (χ1) is 11.7. The van der Waals surface area contributed by atoms with Gasteiger partial charge in [0.05, 0.1) is 22.8 Å². The molecule has 0 fully saturated rings. The summed E-state index contributed by atoms with van der Waals surface area (Å²) in [5.74, 6) is -6.52. The van der Waals surface area contributed by atoms with E-state index in [0.29, 0.717) is 5.70 Å². The maximum atomic E-state index is 14.1. The zero-order valence-corrected chi connectivity index (χ0v) is 13.2. The molecule has 3 rings (SSSR count). The summed E-state index contributed by atoms with van der Waals surface area (Å²) in [6.45, 7) is 2.32. The minimum Gasteiger partial charge on any atom is -0.478 e. The van der Waals surface area contributed by atoms with Crippen LogP contribution in [-0.4, -0.2) is 28.6 Å². The molecule has 132 valence electrons. The van der Waals surface area contributed by atoms with Crippen molar-refractivity contribution in [2.45, 2.75) is 25.9 Å². The lowest BCUT2D eigenvalue weighted by Crippen LogP contribution is -2.30. The first kappa shape index (κ1) is 17.0. The Labute approximate surface area is 140 Å². The molecule has 2 atom stereocenters. The highest BCUT2D eigenvalue weighted by molar-refractivity contribution is 6.00. The van der Waals surface area contributed by atoms with Crippen LogP contribution < -0.4 is 5.32 Å². The number of aromatic nitrogens is 1. The molecule has 2 N–H and O–H groups in total. The third-order valence-electron chi connectivity index (χ3n) is 4.20. The number of halogens is 3. The summed E-state index contributed by atoms with van der Waals surface area (Å²) in [5.41, 5.74) is -0.752. The highest BCUT2D eigenvalue weighted by atomic mass is 19.2. The maximum Gasteiger partial charge on any atom is 0.337 e. The van der Waals surface area contributed by atoms with Gasteiger partial charge in [0.2, 0.25) is 5.95 Å². The highest BCUT2D eigenvalue weighted by Gasteiger charge is 2.43. The van der Waals surface area contributed by atoms with Crippen molar-refractivity contribution in [3.05, 3.63) is 51.6 Å². The first-order valence-electron chi connectivity index (χ1n) is 7.33. The average Bonchev–Trinajstić information content (AvgIpc) is 2.88. The largest absolute Gasteiger partial charge is 0.478 e. The number of carboxylic acid groups (broad SMARTS) is 1. The molecule has 0 spiro atoms. The molecule has 9 heteroatoms. The maximum absolute atomic E-state index is 14.1. The number of cyclic esters (lactones) is 1. The van der Waals surface area contributed by atoms with E-state index in [0.717, 1.165) is 13.1 Å². The number of alkyl halides is 1. The Kier molecular flexibility index (Phi) is 4.02. The van der Waals surface area contributed by atoms with Crippen LogP contribution in [0.5, 0.6) is 0 Å². The number of dihydropyridines is 1. The minimum atomic E-state index is -1.95. The monoisotopic (exact) mass is 354 g/mol. The molecule has 0 aliphatic carbocycles. The predicted octanol–water partition coefficient (Wildman–Crippen LogP) is 2.25. The lowest BCUT2D eigenvalue weighted by atomic mass is 9.79. The molecule has 6 nitrogen and oxygen atoms in total. The standard InChI is InChI=1S/C16H13F3N2O4/c1-5(17)9-7(3-20-14(19)13(9)18)11-10(15(22)23)6(2)21-8-4-25-16(24)12(8)11/h3,5,11,21H,4H2,1-2H3,(H,22,23)/t5?,11-/m0/s1. The van der Waals surface area contributed by atoms with Gasteiger partial charge >= 0.3 is 11.9 Å². The molecule has 1 aromatic heterocycles. The molecule has 3 heterocycles. The molecule has 1 aromatic rings. The summed E-state index contributed by atoms with van der Waals surface area (Å²) in [4.78, 5) is 27.0. The zero-order valence-electron chi connectivity index (χ0n) is 13.2. The van der Waals surface area contributed by atoms with E-state index >= 15 is 0 Å². The number of hydrogen-bond acceptors (Lipinski definition) is 5. The van der Waals surface area contributed by atoms with Crippen molar-refractivity contribution in [1.29, 1.82) is 0 Å². The summed E-state index contributed by atoms with van der Waals surface area (Å²) >= 11 is 0. The van der Waals surface area contributed by atoms with Crippen molar-refractivity contribution in [3.8, 4) is 0 Å². The highest BCUT2D eigenvalue weighted by Crippen LogP contribution is 2.44. The van der Waals surface area contributed by atoms with Gasteiger partial charge in [-0.2, -0.15) is 4.39 Å². The van der Waals surface area contributed by atoms with Gasteiger partial charge in [-0.05, 0) is 19.4 Å². The number of nitrogens with one attached hydrogen (secondary N) is 1.